The molecule has 3 saturated heterocycles. The van der Waals surface area contributed by atoms with E-state index in [-0.39, 0.29) is 0 Å². The molecule has 4 heterocycles. The molecule has 0 aromatic carbocycles. The Hall–Kier alpha value is -0.460. The van der Waals surface area contributed by atoms with Crippen LogP contribution in [0.25, 0.3) is 0 Å². The third-order valence-corrected chi connectivity index (χ3v) is 6.55. The third-order valence-electron chi connectivity index (χ3n) is 5.69. The molecule has 4 rings (SSSR count). The van der Waals surface area contributed by atoms with Crippen molar-refractivity contribution < 1.29 is 14.2 Å². The second-order valence-corrected chi connectivity index (χ2v) is 8.41. The summed E-state index contributed by atoms with van der Waals surface area (Å²) in [6, 6.07) is 5.00. The smallest absolute Gasteiger partial charge is 0.0813 e. The molecule has 0 spiro atoms. The van der Waals surface area contributed by atoms with Gasteiger partial charge in [-0.15, -0.1) is 11.3 Å². The summed E-state index contributed by atoms with van der Waals surface area (Å²) in [4.78, 5) is 4.09. The Kier molecular flexibility index (Phi) is 5.86. The van der Waals surface area contributed by atoms with Gasteiger partial charge in [0.1, 0.15) is 0 Å². The summed E-state index contributed by atoms with van der Waals surface area (Å²) >= 11 is 1.86. The van der Waals surface area contributed by atoms with E-state index in [1.54, 1.807) is 0 Å². The molecule has 3 fully saturated rings. The first-order chi connectivity index (χ1) is 11.9. The number of hydrogen-bond acceptors (Lipinski definition) is 5. The monoisotopic (exact) mass is 351 g/mol. The van der Waals surface area contributed by atoms with Gasteiger partial charge in [0, 0.05) is 43.8 Å². The SMILES string of the molecule is c1csc(CN2CC[C@H]3O[C@@H](COCC4CCOCC4)CC[C@H]32)c1. The zero-order valence-electron chi connectivity index (χ0n) is 14.4. The molecule has 0 saturated carbocycles. The highest BCUT2D eigenvalue weighted by atomic mass is 32.1. The summed E-state index contributed by atoms with van der Waals surface area (Å²) in [7, 11) is 0. The van der Waals surface area contributed by atoms with Gasteiger partial charge in [-0.3, -0.25) is 4.90 Å². The van der Waals surface area contributed by atoms with Gasteiger partial charge in [-0.2, -0.15) is 0 Å². The van der Waals surface area contributed by atoms with E-state index in [0.717, 1.165) is 52.2 Å². The molecule has 0 bridgehead atoms. The number of hydrogen-bond donors (Lipinski definition) is 0. The minimum atomic E-state index is 0.299. The summed E-state index contributed by atoms with van der Waals surface area (Å²) in [6.45, 7) is 5.71. The lowest BCUT2D eigenvalue weighted by Crippen LogP contribution is -2.43. The van der Waals surface area contributed by atoms with Gasteiger partial charge < -0.3 is 14.2 Å². The van der Waals surface area contributed by atoms with Crippen LogP contribution in [0, 0.1) is 5.92 Å². The predicted molar refractivity (Wildman–Crippen MR) is 95.4 cm³/mol. The average molecular weight is 352 g/mol. The molecule has 4 nitrogen and oxygen atoms in total. The van der Waals surface area contributed by atoms with Crippen molar-refractivity contribution in [1.29, 1.82) is 0 Å². The van der Waals surface area contributed by atoms with Crippen LogP contribution in [0.3, 0.4) is 0 Å². The van der Waals surface area contributed by atoms with Crippen molar-refractivity contribution in [3.05, 3.63) is 22.4 Å². The molecular formula is C19H29NO3S. The standard InChI is InChI=1S/C19H29NO3S/c1-2-17(24-11-1)12-20-8-5-19-18(20)4-3-16(23-19)14-22-13-15-6-9-21-10-7-15/h1-2,11,15-16,18-19H,3-10,12-14H2/t16-,18-,19-/m1/s1. The molecule has 134 valence electrons. The van der Waals surface area contributed by atoms with E-state index in [4.69, 9.17) is 14.2 Å². The molecule has 1 aromatic rings. The van der Waals surface area contributed by atoms with Crippen molar-refractivity contribution >= 4 is 11.3 Å². The van der Waals surface area contributed by atoms with E-state index in [1.165, 1.54) is 24.3 Å². The van der Waals surface area contributed by atoms with Crippen LogP contribution in [0.5, 0.6) is 0 Å². The first-order valence-electron chi connectivity index (χ1n) is 9.46. The molecule has 24 heavy (non-hydrogen) atoms. The lowest BCUT2D eigenvalue weighted by Gasteiger charge is -2.36. The van der Waals surface area contributed by atoms with E-state index >= 15 is 0 Å². The molecule has 0 unspecified atom stereocenters. The van der Waals surface area contributed by atoms with Gasteiger partial charge in [-0.25, -0.2) is 0 Å². The zero-order valence-corrected chi connectivity index (χ0v) is 15.2. The number of nitrogens with zero attached hydrogens (tertiary/aromatic N) is 1. The van der Waals surface area contributed by atoms with Crippen molar-refractivity contribution in [2.45, 2.75) is 56.9 Å². The van der Waals surface area contributed by atoms with Crippen molar-refractivity contribution in [1.82, 2.24) is 4.90 Å². The fourth-order valence-corrected chi connectivity index (χ4v) is 5.02. The van der Waals surface area contributed by atoms with Crippen LogP contribution in [0.15, 0.2) is 17.5 Å². The summed E-state index contributed by atoms with van der Waals surface area (Å²) < 4.78 is 17.7. The van der Waals surface area contributed by atoms with Crippen LogP contribution in [0.4, 0.5) is 0 Å². The molecule has 0 radical (unpaired) electrons. The van der Waals surface area contributed by atoms with Crippen molar-refractivity contribution in [3.63, 3.8) is 0 Å². The Balaban J connectivity index is 1.19. The molecule has 0 aliphatic carbocycles. The number of likely N-dealkylation sites (tertiary alicyclic amines) is 1. The maximum Gasteiger partial charge on any atom is 0.0813 e. The molecule has 0 amide bonds. The number of ether oxygens (including phenoxy) is 3. The van der Waals surface area contributed by atoms with Crippen molar-refractivity contribution in [3.8, 4) is 0 Å². The molecule has 1 aromatic heterocycles. The Labute approximate surface area is 149 Å². The molecule has 0 N–H and O–H groups in total. The number of thiophene rings is 1. The predicted octanol–water partition coefficient (Wildman–Crippen LogP) is 3.31. The number of fused-ring (bicyclic) bond motifs is 1. The minimum Gasteiger partial charge on any atom is -0.381 e. The van der Waals surface area contributed by atoms with Crippen LogP contribution in [0.1, 0.15) is 37.0 Å². The fraction of sp³-hybridized carbons (Fsp3) is 0.789. The lowest BCUT2D eigenvalue weighted by atomic mass is 9.99. The van der Waals surface area contributed by atoms with Gasteiger partial charge in [0.2, 0.25) is 0 Å². The highest BCUT2D eigenvalue weighted by Gasteiger charge is 2.39. The van der Waals surface area contributed by atoms with Crippen LogP contribution in [0.2, 0.25) is 0 Å². The Bertz CT molecular complexity index is 489. The van der Waals surface area contributed by atoms with Gasteiger partial charge in [-0.1, -0.05) is 6.07 Å². The van der Waals surface area contributed by atoms with Crippen LogP contribution >= 0.6 is 11.3 Å². The quantitative estimate of drug-likeness (QED) is 0.787. The van der Waals surface area contributed by atoms with Gasteiger partial charge in [0.15, 0.2) is 0 Å². The molecular weight excluding hydrogens is 322 g/mol. The van der Waals surface area contributed by atoms with E-state index < -0.39 is 0 Å². The van der Waals surface area contributed by atoms with Crippen LogP contribution in [-0.4, -0.2) is 56.1 Å². The Morgan fingerprint density at radius 2 is 2.04 bits per heavy atom. The van der Waals surface area contributed by atoms with E-state index in [2.05, 4.69) is 22.4 Å². The Morgan fingerprint density at radius 3 is 2.88 bits per heavy atom. The zero-order chi connectivity index (χ0) is 16.2. The highest BCUT2D eigenvalue weighted by molar-refractivity contribution is 7.09. The van der Waals surface area contributed by atoms with Gasteiger partial charge in [-0.05, 0) is 49.5 Å². The molecule has 5 heteroatoms. The fourth-order valence-electron chi connectivity index (χ4n) is 4.29. The first kappa shape index (κ1) is 17.0. The second-order valence-electron chi connectivity index (χ2n) is 7.37. The maximum absolute atomic E-state index is 6.36. The average Bonchev–Trinajstić information content (AvgIpc) is 3.26. The summed E-state index contributed by atoms with van der Waals surface area (Å²) in [5, 5.41) is 2.17. The summed E-state index contributed by atoms with van der Waals surface area (Å²) in [6.07, 6.45) is 6.56. The normalized spacial score (nSPS) is 32.1. The summed E-state index contributed by atoms with van der Waals surface area (Å²) in [5.41, 5.74) is 0. The maximum atomic E-state index is 6.36. The summed E-state index contributed by atoms with van der Waals surface area (Å²) in [5.74, 6) is 0.683. The van der Waals surface area contributed by atoms with Crippen LogP contribution < -0.4 is 0 Å². The van der Waals surface area contributed by atoms with E-state index in [9.17, 15) is 0 Å². The van der Waals surface area contributed by atoms with Crippen LogP contribution in [-0.2, 0) is 20.8 Å². The molecule has 3 aliphatic heterocycles. The molecule has 3 atom stereocenters. The van der Waals surface area contributed by atoms with E-state index in [0.29, 0.717) is 24.2 Å². The minimum absolute atomic E-state index is 0.299. The second kappa shape index (κ2) is 8.28. The molecule has 3 aliphatic rings. The lowest BCUT2D eigenvalue weighted by molar-refractivity contribution is -0.105. The van der Waals surface area contributed by atoms with Crippen molar-refractivity contribution in [2.24, 2.45) is 5.92 Å². The largest absolute Gasteiger partial charge is 0.381 e. The van der Waals surface area contributed by atoms with Crippen molar-refractivity contribution in [2.75, 3.05) is 33.0 Å². The Morgan fingerprint density at radius 1 is 1.12 bits per heavy atom. The number of rotatable bonds is 6. The van der Waals surface area contributed by atoms with Gasteiger partial charge >= 0.3 is 0 Å². The van der Waals surface area contributed by atoms with Gasteiger partial charge in [0.05, 0.1) is 18.8 Å². The van der Waals surface area contributed by atoms with Gasteiger partial charge in [0.25, 0.3) is 0 Å². The highest BCUT2D eigenvalue weighted by Crippen LogP contribution is 2.33. The first-order valence-corrected chi connectivity index (χ1v) is 10.3. The van der Waals surface area contributed by atoms with E-state index in [1.807, 2.05) is 11.3 Å². The third kappa shape index (κ3) is 4.20. The topological polar surface area (TPSA) is 30.9 Å².